The number of methoxy groups -OCH3 is 1. The number of aromatic nitrogens is 2. The minimum Gasteiger partial charge on any atom is -0.495 e. The van der Waals surface area contributed by atoms with Crippen molar-refractivity contribution in [2.45, 2.75) is 6.61 Å². The normalized spacial score (nSPS) is 11.8. The highest BCUT2D eigenvalue weighted by atomic mass is 16.5. The molecule has 8 heteroatoms. The number of allylic oxidation sites excluding steroid dienone is 2. The number of fused-ring (bicyclic) bond motifs is 1. The van der Waals surface area contributed by atoms with E-state index in [-0.39, 0.29) is 0 Å². The van der Waals surface area contributed by atoms with Crippen molar-refractivity contribution < 1.29 is 18.7 Å². The maximum Gasteiger partial charge on any atom is 0.248 e. The van der Waals surface area contributed by atoms with Gasteiger partial charge in [-0.3, -0.25) is 9.78 Å². The number of rotatable bonds is 8. The number of aldehydes is 1. The number of hydrazone groups is 1. The lowest BCUT2D eigenvalue weighted by atomic mass is 10.3. The summed E-state index contributed by atoms with van der Waals surface area (Å²) in [4.78, 5) is 19.4. The summed E-state index contributed by atoms with van der Waals surface area (Å²) in [6.45, 7) is 0.315. The van der Waals surface area contributed by atoms with Gasteiger partial charge in [-0.1, -0.05) is 0 Å². The molecule has 0 aliphatic carbocycles. The van der Waals surface area contributed by atoms with Crippen molar-refractivity contribution in [3.05, 3.63) is 60.3 Å². The molecule has 0 unspecified atom stereocenters. The largest absolute Gasteiger partial charge is 0.495 e. The summed E-state index contributed by atoms with van der Waals surface area (Å²) in [5.41, 5.74) is 2.44. The average Bonchev–Trinajstić information content (AvgIpc) is 3.13. The lowest BCUT2D eigenvalue weighted by Gasteiger charge is -2.06. The second-order valence-corrected chi connectivity index (χ2v) is 5.95. The zero-order valence-electron chi connectivity index (χ0n) is 15.8. The van der Waals surface area contributed by atoms with Crippen molar-refractivity contribution >= 4 is 23.1 Å². The van der Waals surface area contributed by atoms with Crippen molar-refractivity contribution in [1.29, 1.82) is 0 Å². The summed E-state index contributed by atoms with van der Waals surface area (Å²) in [5, 5.41) is 5.90. The molecule has 0 fully saturated rings. The highest BCUT2D eigenvalue weighted by molar-refractivity contribution is 6.07. The van der Waals surface area contributed by atoms with Crippen LogP contribution in [0.25, 0.3) is 11.1 Å². The molecule has 144 valence electrons. The van der Waals surface area contributed by atoms with Gasteiger partial charge in [0.05, 0.1) is 19.0 Å². The standard InChI is InChI=1S/C20H20N4O4/c1-24(2)23-17(5-4-10-25)20-22-18-11-15(8-9-19(18)28-20)27-13-14-6-7-16(26-3)12-21-14/h4-12H,13H2,1-3H3/b5-4-,23-17+. The fourth-order valence-electron chi connectivity index (χ4n) is 2.37. The molecule has 0 aliphatic rings. The van der Waals surface area contributed by atoms with Crippen LogP contribution in [-0.4, -0.2) is 48.2 Å². The zero-order chi connectivity index (χ0) is 19.9. The van der Waals surface area contributed by atoms with Crippen LogP contribution >= 0.6 is 0 Å². The molecule has 0 aliphatic heterocycles. The van der Waals surface area contributed by atoms with Crippen LogP contribution in [-0.2, 0) is 11.4 Å². The summed E-state index contributed by atoms with van der Waals surface area (Å²) in [7, 11) is 5.14. The maximum absolute atomic E-state index is 10.6. The summed E-state index contributed by atoms with van der Waals surface area (Å²) in [6.07, 6.45) is 5.20. The molecule has 0 bridgehead atoms. The van der Waals surface area contributed by atoms with Crippen molar-refractivity contribution in [2.75, 3.05) is 21.2 Å². The maximum atomic E-state index is 10.6. The lowest BCUT2D eigenvalue weighted by molar-refractivity contribution is -0.104. The molecule has 1 aromatic carbocycles. The van der Waals surface area contributed by atoms with E-state index in [1.54, 1.807) is 56.7 Å². The Balaban J connectivity index is 1.79. The van der Waals surface area contributed by atoms with Gasteiger partial charge in [-0.25, -0.2) is 4.98 Å². The molecule has 0 N–H and O–H groups in total. The molecule has 0 amide bonds. The van der Waals surface area contributed by atoms with Gasteiger partial charge in [0, 0.05) is 20.2 Å². The van der Waals surface area contributed by atoms with E-state index in [0.717, 1.165) is 5.69 Å². The number of ether oxygens (including phenoxy) is 2. The Morgan fingerprint density at radius 1 is 1.25 bits per heavy atom. The van der Waals surface area contributed by atoms with Gasteiger partial charge in [0.1, 0.15) is 35.6 Å². The number of benzene rings is 1. The fraction of sp³-hybridized carbons (Fsp3) is 0.200. The predicted octanol–water partition coefficient (Wildman–Crippen LogP) is 2.83. The van der Waals surface area contributed by atoms with Gasteiger partial charge in [-0.15, -0.1) is 0 Å². The first-order valence-corrected chi connectivity index (χ1v) is 8.49. The molecule has 0 atom stereocenters. The summed E-state index contributed by atoms with van der Waals surface area (Å²) in [5.74, 6) is 1.65. The Morgan fingerprint density at radius 2 is 2.07 bits per heavy atom. The van der Waals surface area contributed by atoms with E-state index < -0.39 is 0 Å². The quantitative estimate of drug-likeness (QED) is 0.257. The van der Waals surface area contributed by atoms with E-state index in [1.807, 2.05) is 12.1 Å². The number of carbonyl (C=O) groups excluding carboxylic acids is 1. The molecular weight excluding hydrogens is 360 g/mol. The van der Waals surface area contributed by atoms with Crippen molar-refractivity contribution in [1.82, 2.24) is 15.0 Å². The summed E-state index contributed by atoms with van der Waals surface area (Å²) < 4.78 is 16.6. The number of carbonyl (C=O) groups is 1. The van der Waals surface area contributed by atoms with Crippen LogP contribution < -0.4 is 9.47 Å². The average molecular weight is 380 g/mol. The molecule has 3 rings (SSSR count). The molecule has 28 heavy (non-hydrogen) atoms. The predicted molar refractivity (Wildman–Crippen MR) is 105 cm³/mol. The second-order valence-electron chi connectivity index (χ2n) is 5.95. The Labute approximate surface area is 162 Å². The minimum atomic E-state index is 0.315. The molecule has 0 saturated heterocycles. The zero-order valence-corrected chi connectivity index (χ0v) is 15.8. The Kier molecular flexibility index (Phi) is 6.01. The van der Waals surface area contributed by atoms with E-state index in [2.05, 4.69) is 15.1 Å². The monoisotopic (exact) mass is 380 g/mol. The van der Waals surface area contributed by atoms with Gasteiger partial charge in [-0.2, -0.15) is 5.10 Å². The van der Waals surface area contributed by atoms with Gasteiger partial charge in [0.15, 0.2) is 5.58 Å². The SMILES string of the molecule is COc1ccc(COc2ccc3oc(C(/C=C\C=O)=N/N(C)C)nc3c2)nc1. The first kappa shape index (κ1) is 19.1. The third kappa shape index (κ3) is 4.73. The van der Waals surface area contributed by atoms with E-state index in [0.29, 0.717) is 47.1 Å². The number of hydrogen-bond acceptors (Lipinski definition) is 8. The Hall–Kier alpha value is -3.68. The molecule has 2 heterocycles. The smallest absolute Gasteiger partial charge is 0.248 e. The lowest BCUT2D eigenvalue weighted by Crippen LogP contribution is -2.08. The van der Waals surface area contributed by atoms with Crippen molar-refractivity contribution in [2.24, 2.45) is 5.10 Å². The number of nitrogens with zero attached hydrogens (tertiary/aromatic N) is 4. The van der Waals surface area contributed by atoms with Crippen LogP contribution in [0.5, 0.6) is 11.5 Å². The highest BCUT2D eigenvalue weighted by Crippen LogP contribution is 2.23. The third-order valence-corrected chi connectivity index (χ3v) is 3.64. The van der Waals surface area contributed by atoms with Crippen LogP contribution in [0.3, 0.4) is 0 Å². The molecule has 8 nitrogen and oxygen atoms in total. The number of oxazole rings is 1. The fourth-order valence-corrected chi connectivity index (χ4v) is 2.37. The topological polar surface area (TPSA) is 90.0 Å². The van der Waals surface area contributed by atoms with Gasteiger partial charge >= 0.3 is 0 Å². The third-order valence-electron chi connectivity index (χ3n) is 3.64. The van der Waals surface area contributed by atoms with Gasteiger partial charge < -0.3 is 18.9 Å². The van der Waals surface area contributed by atoms with Crippen molar-refractivity contribution in [3.63, 3.8) is 0 Å². The van der Waals surface area contributed by atoms with Crippen molar-refractivity contribution in [3.8, 4) is 11.5 Å². The molecule has 2 aromatic heterocycles. The minimum absolute atomic E-state index is 0.315. The van der Waals surface area contributed by atoms with Gasteiger partial charge in [0.2, 0.25) is 5.89 Å². The first-order valence-electron chi connectivity index (χ1n) is 8.49. The van der Waals surface area contributed by atoms with Crippen LogP contribution in [0.15, 0.2) is 58.2 Å². The van der Waals surface area contributed by atoms with Crippen LogP contribution in [0.4, 0.5) is 0 Å². The molecule has 0 saturated carbocycles. The molecule has 0 spiro atoms. The molecule has 0 radical (unpaired) electrons. The van der Waals surface area contributed by atoms with E-state index in [9.17, 15) is 4.79 Å². The summed E-state index contributed by atoms with van der Waals surface area (Å²) in [6, 6.07) is 9.03. The second kappa shape index (κ2) is 8.81. The van der Waals surface area contributed by atoms with Crippen LogP contribution in [0.1, 0.15) is 11.6 Å². The Bertz CT molecular complexity index is 1010. The number of hydrogen-bond donors (Lipinski definition) is 0. The highest BCUT2D eigenvalue weighted by Gasteiger charge is 2.12. The Morgan fingerprint density at radius 3 is 2.75 bits per heavy atom. The van der Waals surface area contributed by atoms with Gasteiger partial charge in [-0.05, 0) is 36.4 Å². The summed E-state index contributed by atoms with van der Waals surface area (Å²) >= 11 is 0. The van der Waals surface area contributed by atoms with E-state index >= 15 is 0 Å². The van der Waals surface area contributed by atoms with E-state index in [1.165, 1.54) is 6.08 Å². The molecular formula is C20H20N4O4. The molecule has 3 aromatic rings. The van der Waals surface area contributed by atoms with Crippen LogP contribution in [0.2, 0.25) is 0 Å². The first-order chi connectivity index (χ1) is 13.6. The number of pyridine rings is 1. The van der Waals surface area contributed by atoms with Gasteiger partial charge in [0.25, 0.3) is 0 Å². The van der Waals surface area contributed by atoms with Crippen LogP contribution in [0, 0.1) is 0 Å². The van der Waals surface area contributed by atoms with E-state index in [4.69, 9.17) is 13.9 Å².